The molecule has 25 heavy (non-hydrogen) atoms. The highest BCUT2D eigenvalue weighted by Crippen LogP contribution is 2.34. The molecule has 8 heteroatoms. The molecular formula is C17H18Cl3N3O2. The van der Waals surface area contributed by atoms with Crippen LogP contribution >= 0.6 is 35.6 Å². The van der Waals surface area contributed by atoms with Crippen molar-refractivity contribution in [2.24, 2.45) is 0 Å². The minimum absolute atomic E-state index is 0. The molecule has 0 atom stereocenters. The summed E-state index contributed by atoms with van der Waals surface area (Å²) in [6, 6.07) is 5.02. The number of methoxy groups -OCH3 is 1. The van der Waals surface area contributed by atoms with E-state index < -0.39 is 0 Å². The van der Waals surface area contributed by atoms with Crippen molar-refractivity contribution in [3.8, 4) is 5.75 Å². The first kappa shape index (κ1) is 19.8. The van der Waals surface area contributed by atoms with Crippen LogP contribution in [0.25, 0.3) is 0 Å². The minimum atomic E-state index is -0.299. The van der Waals surface area contributed by atoms with Crippen LogP contribution in [0, 0.1) is 0 Å². The van der Waals surface area contributed by atoms with Gasteiger partial charge >= 0.3 is 0 Å². The van der Waals surface area contributed by atoms with Gasteiger partial charge in [-0.3, -0.25) is 9.78 Å². The molecule has 1 amide bonds. The molecule has 1 aliphatic heterocycles. The van der Waals surface area contributed by atoms with Crippen LogP contribution in [0.3, 0.4) is 0 Å². The maximum absolute atomic E-state index is 12.4. The summed E-state index contributed by atoms with van der Waals surface area (Å²) in [5.41, 5.74) is 3.23. The van der Waals surface area contributed by atoms with Crippen molar-refractivity contribution in [1.29, 1.82) is 0 Å². The van der Waals surface area contributed by atoms with Crippen LogP contribution in [0.2, 0.25) is 10.0 Å². The summed E-state index contributed by atoms with van der Waals surface area (Å²) in [4.78, 5) is 19.1. The number of aromatic nitrogens is 1. The highest BCUT2D eigenvalue weighted by atomic mass is 35.5. The summed E-state index contributed by atoms with van der Waals surface area (Å²) in [6.45, 7) is 1.82. The van der Waals surface area contributed by atoms with Gasteiger partial charge in [-0.1, -0.05) is 23.2 Å². The molecule has 0 saturated heterocycles. The molecule has 0 saturated carbocycles. The Morgan fingerprint density at radius 3 is 2.60 bits per heavy atom. The first-order valence-electron chi connectivity index (χ1n) is 7.48. The van der Waals surface area contributed by atoms with Gasteiger partial charge in [-0.05, 0) is 30.8 Å². The lowest BCUT2D eigenvalue weighted by Gasteiger charge is -2.24. The van der Waals surface area contributed by atoms with Crippen molar-refractivity contribution in [2.75, 3.05) is 26.0 Å². The molecule has 2 heterocycles. The predicted octanol–water partition coefficient (Wildman–Crippen LogP) is 4.06. The van der Waals surface area contributed by atoms with Crippen molar-refractivity contribution in [3.05, 3.63) is 51.3 Å². The molecule has 1 aliphatic rings. The van der Waals surface area contributed by atoms with Crippen molar-refractivity contribution in [3.63, 3.8) is 0 Å². The lowest BCUT2D eigenvalue weighted by Crippen LogP contribution is -2.27. The number of pyridine rings is 1. The van der Waals surface area contributed by atoms with Crippen LogP contribution in [-0.2, 0) is 13.0 Å². The summed E-state index contributed by atoms with van der Waals surface area (Å²) in [7, 11) is 3.54. The number of nitrogens with one attached hydrogen (secondary N) is 1. The molecule has 5 nitrogen and oxygen atoms in total. The van der Waals surface area contributed by atoms with E-state index in [0.717, 1.165) is 30.8 Å². The van der Waals surface area contributed by atoms with E-state index in [2.05, 4.69) is 22.2 Å². The third-order valence-corrected chi connectivity index (χ3v) is 4.51. The number of fused-ring (bicyclic) bond motifs is 1. The fourth-order valence-corrected chi connectivity index (χ4v) is 3.37. The summed E-state index contributed by atoms with van der Waals surface area (Å²) in [5.74, 6) is 0.0562. The van der Waals surface area contributed by atoms with Gasteiger partial charge in [0.15, 0.2) is 5.75 Å². The van der Waals surface area contributed by atoms with E-state index >= 15 is 0 Å². The predicted molar refractivity (Wildman–Crippen MR) is 102 cm³/mol. The number of hydrogen-bond donors (Lipinski definition) is 1. The van der Waals surface area contributed by atoms with Gasteiger partial charge in [-0.25, -0.2) is 0 Å². The van der Waals surface area contributed by atoms with Crippen LogP contribution < -0.4 is 10.1 Å². The molecule has 134 valence electrons. The molecule has 1 N–H and O–H groups in total. The second-order valence-electron chi connectivity index (χ2n) is 5.74. The number of likely N-dealkylation sites (N-methyl/N-ethyl adjacent to an activating group) is 1. The first-order chi connectivity index (χ1) is 11.5. The van der Waals surface area contributed by atoms with Gasteiger partial charge in [-0.2, -0.15) is 0 Å². The number of ether oxygens (including phenoxy) is 1. The smallest absolute Gasteiger partial charge is 0.255 e. The maximum Gasteiger partial charge on any atom is 0.255 e. The first-order valence-corrected chi connectivity index (χ1v) is 8.24. The van der Waals surface area contributed by atoms with Crippen molar-refractivity contribution in [2.45, 2.75) is 13.0 Å². The zero-order chi connectivity index (χ0) is 17.3. The van der Waals surface area contributed by atoms with Gasteiger partial charge in [-0.15, -0.1) is 12.4 Å². The molecule has 0 radical (unpaired) electrons. The number of carbonyl (C=O) groups is 1. The lowest BCUT2D eigenvalue weighted by molar-refractivity contribution is 0.102. The van der Waals surface area contributed by atoms with E-state index in [1.807, 2.05) is 6.07 Å². The van der Waals surface area contributed by atoms with Gasteiger partial charge in [0.2, 0.25) is 0 Å². The summed E-state index contributed by atoms with van der Waals surface area (Å²) in [5, 5.41) is 3.42. The Labute approximate surface area is 162 Å². The Balaban J connectivity index is 0.00000225. The van der Waals surface area contributed by atoms with Crippen LogP contribution in [0.4, 0.5) is 5.69 Å². The lowest BCUT2D eigenvalue weighted by atomic mass is 10.1. The van der Waals surface area contributed by atoms with E-state index in [1.165, 1.54) is 19.2 Å². The van der Waals surface area contributed by atoms with Crippen molar-refractivity contribution < 1.29 is 9.53 Å². The number of anilines is 1. The zero-order valence-corrected chi connectivity index (χ0v) is 16.1. The standard InChI is InChI=1S/C17H17Cl2N3O2.ClH/c1-22-4-3-15-11(9-22)5-12(8-20-15)21-17(23)10-6-13(18)16(24-2)14(19)7-10;/h5-8H,3-4,9H2,1-2H3,(H,21,23);1H. The Kier molecular flexibility index (Phi) is 6.52. The minimum Gasteiger partial charge on any atom is -0.494 e. The average molecular weight is 403 g/mol. The third-order valence-electron chi connectivity index (χ3n) is 3.95. The monoisotopic (exact) mass is 401 g/mol. The topological polar surface area (TPSA) is 54.5 Å². The molecule has 0 bridgehead atoms. The summed E-state index contributed by atoms with van der Waals surface area (Å²) in [6.07, 6.45) is 2.60. The number of rotatable bonds is 3. The average Bonchev–Trinajstić information content (AvgIpc) is 2.54. The summed E-state index contributed by atoms with van der Waals surface area (Å²) >= 11 is 12.2. The molecule has 3 rings (SSSR count). The molecule has 0 unspecified atom stereocenters. The molecule has 1 aromatic heterocycles. The van der Waals surface area contributed by atoms with E-state index in [1.54, 1.807) is 6.20 Å². The molecule has 0 aliphatic carbocycles. The number of hydrogen-bond acceptors (Lipinski definition) is 4. The second-order valence-corrected chi connectivity index (χ2v) is 6.56. The number of carbonyl (C=O) groups excluding carboxylic acids is 1. The van der Waals surface area contributed by atoms with Gasteiger partial charge in [0.05, 0.1) is 29.0 Å². The Bertz CT molecular complexity index is 776. The van der Waals surface area contributed by atoms with E-state index in [4.69, 9.17) is 27.9 Å². The van der Waals surface area contributed by atoms with Crippen LogP contribution in [-0.4, -0.2) is 36.5 Å². The Hall–Kier alpha value is -1.53. The largest absolute Gasteiger partial charge is 0.494 e. The highest BCUT2D eigenvalue weighted by molar-refractivity contribution is 6.37. The fourth-order valence-electron chi connectivity index (χ4n) is 2.72. The van der Waals surface area contributed by atoms with Gasteiger partial charge in [0.1, 0.15) is 0 Å². The fraction of sp³-hybridized carbons (Fsp3) is 0.294. The van der Waals surface area contributed by atoms with Crippen LogP contribution in [0.5, 0.6) is 5.75 Å². The van der Waals surface area contributed by atoms with Gasteiger partial charge < -0.3 is 15.0 Å². The zero-order valence-electron chi connectivity index (χ0n) is 13.8. The van der Waals surface area contributed by atoms with Crippen LogP contribution in [0.15, 0.2) is 24.4 Å². The van der Waals surface area contributed by atoms with E-state index in [0.29, 0.717) is 27.0 Å². The third kappa shape index (κ3) is 4.36. The Morgan fingerprint density at radius 1 is 1.28 bits per heavy atom. The molecule has 1 aromatic carbocycles. The van der Waals surface area contributed by atoms with Crippen molar-refractivity contribution >= 4 is 47.2 Å². The highest BCUT2D eigenvalue weighted by Gasteiger charge is 2.17. The van der Waals surface area contributed by atoms with Crippen LogP contribution in [0.1, 0.15) is 21.6 Å². The van der Waals surface area contributed by atoms with Crippen molar-refractivity contribution in [1.82, 2.24) is 9.88 Å². The number of nitrogens with zero attached hydrogens (tertiary/aromatic N) is 2. The summed E-state index contributed by atoms with van der Waals surface area (Å²) < 4.78 is 5.09. The van der Waals surface area contributed by atoms with E-state index in [-0.39, 0.29) is 18.3 Å². The molecule has 0 fully saturated rings. The molecule has 0 spiro atoms. The van der Waals surface area contributed by atoms with Gasteiger partial charge in [0, 0.05) is 30.8 Å². The quantitative estimate of drug-likeness (QED) is 0.841. The number of benzene rings is 1. The number of halogens is 3. The van der Waals surface area contributed by atoms with Gasteiger partial charge in [0.25, 0.3) is 5.91 Å². The second kappa shape index (κ2) is 8.23. The maximum atomic E-state index is 12.4. The molecular weight excluding hydrogens is 385 g/mol. The normalized spacial score (nSPS) is 13.6. The Morgan fingerprint density at radius 2 is 1.96 bits per heavy atom. The molecule has 2 aromatic rings. The number of amides is 1. The SMILES string of the molecule is COc1c(Cl)cc(C(=O)Nc2cnc3c(c2)CN(C)CC3)cc1Cl.Cl. The van der Waals surface area contributed by atoms with E-state index in [9.17, 15) is 4.79 Å².